The van der Waals surface area contributed by atoms with Crippen molar-refractivity contribution in [1.29, 1.82) is 0 Å². The number of halogens is 1. The van der Waals surface area contributed by atoms with Crippen LogP contribution in [0.15, 0.2) is 12.3 Å². The molecule has 1 aromatic rings. The van der Waals surface area contributed by atoms with Gasteiger partial charge in [0.1, 0.15) is 0 Å². The summed E-state index contributed by atoms with van der Waals surface area (Å²) in [6, 6.07) is 2.06. The smallest absolute Gasteiger partial charge is 0.0492 e. The Hall–Kier alpha value is -0.540. The summed E-state index contributed by atoms with van der Waals surface area (Å²) >= 11 is 5.71. The maximum Gasteiger partial charge on any atom is 0.0492 e. The van der Waals surface area contributed by atoms with Crippen LogP contribution in [0.5, 0.6) is 0 Å². The van der Waals surface area contributed by atoms with Crippen LogP contribution in [-0.4, -0.2) is 40.2 Å². The lowest BCUT2D eigenvalue weighted by atomic mass is 10.3. The molecule has 0 unspecified atom stereocenters. The van der Waals surface area contributed by atoms with Crippen LogP contribution in [0, 0.1) is 0 Å². The molecular formula is C10H18ClN3. The number of aryl methyl sites for hydroxylation is 1. The summed E-state index contributed by atoms with van der Waals surface area (Å²) in [6.07, 6.45) is 2.88. The Balaban J connectivity index is 2.35. The molecule has 0 N–H and O–H groups in total. The van der Waals surface area contributed by atoms with Crippen LogP contribution in [0.25, 0.3) is 0 Å². The molecule has 80 valence electrons. The molecule has 0 aromatic carbocycles. The molecule has 0 aliphatic rings. The van der Waals surface area contributed by atoms with Gasteiger partial charge in [0.2, 0.25) is 0 Å². The summed E-state index contributed by atoms with van der Waals surface area (Å²) in [5.74, 6) is 0.708. The molecule has 0 aliphatic heterocycles. The van der Waals surface area contributed by atoms with Gasteiger partial charge >= 0.3 is 0 Å². The van der Waals surface area contributed by atoms with Crippen molar-refractivity contribution >= 4 is 11.6 Å². The van der Waals surface area contributed by atoms with Gasteiger partial charge < -0.3 is 4.90 Å². The van der Waals surface area contributed by atoms with E-state index in [1.54, 1.807) is 0 Å². The van der Waals surface area contributed by atoms with Crippen LogP contribution >= 0.6 is 11.6 Å². The zero-order chi connectivity index (χ0) is 10.4. The van der Waals surface area contributed by atoms with E-state index in [-0.39, 0.29) is 0 Å². The van der Waals surface area contributed by atoms with E-state index < -0.39 is 0 Å². The maximum atomic E-state index is 5.71. The molecule has 0 amide bonds. The summed E-state index contributed by atoms with van der Waals surface area (Å²) in [5, 5.41) is 4.14. The highest BCUT2D eigenvalue weighted by Gasteiger charge is 2.03. The minimum atomic E-state index is 0.708. The first-order valence-electron chi connectivity index (χ1n) is 5.03. The van der Waals surface area contributed by atoms with Crippen molar-refractivity contribution in [2.24, 2.45) is 7.05 Å². The summed E-state index contributed by atoms with van der Waals surface area (Å²) in [5.41, 5.74) is 1.28. The monoisotopic (exact) mass is 215 g/mol. The average molecular weight is 216 g/mol. The summed E-state index contributed by atoms with van der Waals surface area (Å²) in [7, 11) is 1.98. The van der Waals surface area contributed by atoms with Crippen molar-refractivity contribution in [3.05, 3.63) is 18.0 Å². The van der Waals surface area contributed by atoms with Gasteiger partial charge in [0.25, 0.3) is 0 Å². The quantitative estimate of drug-likeness (QED) is 0.671. The molecule has 0 fully saturated rings. The van der Waals surface area contributed by atoms with E-state index in [0.29, 0.717) is 5.88 Å². The minimum absolute atomic E-state index is 0.708. The molecule has 1 rings (SSSR count). The van der Waals surface area contributed by atoms with E-state index >= 15 is 0 Å². The van der Waals surface area contributed by atoms with Crippen molar-refractivity contribution < 1.29 is 0 Å². The molecule has 0 atom stereocenters. The van der Waals surface area contributed by atoms with Crippen LogP contribution in [0.2, 0.25) is 0 Å². The SMILES string of the molecule is CCN(CCCl)CCc1ccnn1C. The Kier molecular flexibility index (Phi) is 4.98. The largest absolute Gasteiger partial charge is 0.302 e. The summed E-state index contributed by atoms with van der Waals surface area (Å²) in [6.45, 7) is 5.25. The second-order valence-electron chi connectivity index (χ2n) is 3.32. The van der Waals surface area contributed by atoms with Gasteiger partial charge in [-0.05, 0) is 12.6 Å². The third kappa shape index (κ3) is 3.31. The van der Waals surface area contributed by atoms with Gasteiger partial charge in [-0.3, -0.25) is 4.68 Å². The highest BCUT2D eigenvalue weighted by Crippen LogP contribution is 2.00. The Morgan fingerprint density at radius 2 is 2.29 bits per heavy atom. The van der Waals surface area contributed by atoms with Gasteiger partial charge in [-0.1, -0.05) is 6.92 Å². The first kappa shape index (κ1) is 11.5. The highest BCUT2D eigenvalue weighted by molar-refractivity contribution is 6.18. The Bertz CT molecular complexity index is 260. The standard InChI is InChI=1S/C10H18ClN3/c1-3-14(9-6-11)8-5-10-4-7-12-13(10)2/h4,7H,3,5-6,8-9H2,1-2H3. The second kappa shape index (κ2) is 6.04. The van der Waals surface area contributed by atoms with Crippen molar-refractivity contribution in [2.45, 2.75) is 13.3 Å². The lowest BCUT2D eigenvalue weighted by Gasteiger charge is -2.18. The lowest BCUT2D eigenvalue weighted by molar-refractivity contribution is 0.307. The molecule has 1 heterocycles. The van der Waals surface area contributed by atoms with Crippen LogP contribution in [0.4, 0.5) is 0 Å². The number of alkyl halides is 1. The average Bonchev–Trinajstić information content (AvgIpc) is 2.59. The van der Waals surface area contributed by atoms with E-state index in [9.17, 15) is 0 Å². The van der Waals surface area contributed by atoms with Gasteiger partial charge in [-0.2, -0.15) is 5.10 Å². The molecule has 3 nitrogen and oxygen atoms in total. The van der Waals surface area contributed by atoms with Gasteiger partial charge in [0.05, 0.1) is 0 Å². The fourth-order valence-electron chi connectivity index (χ4n) is 1.47. The van der Waals surface area contributed by atoms with Crippen molar-refractivity contribution in [1.82, 2.24) is 14.7 Å². The van der Waals surface area contributed by atoms with E-state index in [0.717, 1.165) is 26.1 Å². The molecular weight excluding hydrogens is 198 g/mol. The minimum Gasteiger partial charge on any atom is -0.302 e. The zero-order valence-electron chi connectivity index (χ0n) is 8.91. The predicted molar refractivity (Wildman–Crippen MR) is 59.7 cm³/mol. The first-order valence-corrected chi connectivity index (χ1v) is 5.56. The number of rotatable bonds is 6. The molecule has 14 heavy (non-hydrogen) atoms. The maximum absolute atomic E-state index is 5.71. The Morgan fingerprint density at radius 1 is 1.50 bits per heavy atom. The molecule has 0 aliphatic carbocycles. The van der Waals surface area contributed by atoms with Gasteiger partial charge in [0.15, 0.2) is 0 Å². The molecule has 0 bridgehead atoms. The summed E-state index contributed by atoms with van der Waals surface area (Å²) < 4.78 is 1.93. The van der Waals surface area contributed by atoms with E-state index in [2.05, 4.69) is 23.0 Å². The van der Waals surface area contributed by atoms with Crippen LogP contribution in [-0.2, 0) is 13.5 Å². The van der Waals surface area contributed by atoms with Crippen molar-refractivity contribution in [3.63, 3.8) is 0 Å². The van der Waals surface area contributed by atoms with Gasteiger partial charge in [0, 0.05) is 44.3 Å². The second-order valence-corrected chi connectivity index (χ2v) is 3.70. The number of nitrogens with zero attached hydrogens (tertiary/aromatic N) is 3. The number of aromatic nitrogens is 2. The Morgan fingerprint density at radius 3 is 2.79 bits per heavy atom. The lowest BCUT2D eigenvalue weighted by Crippen LogP contribution is -2.28. The number of likely N-dealkylation sites (N-methyl/N-ethyl adjacent to an activating group) is 1. The topological polar surface area (TPSA) is 21.1 Å². The molecule has 1 aromatic heterocycles. The number of hydrogen-bond acceptors (Lipinski definition) is 2. The third-order valence-electron chi connectivity index (χ3n) is 2.45. The summed E-state index contributed by atoms with van der Waals surface area (Å²) in [4.78, 5) is 2.35. The van der Waals surface area contributed by atoms with Gasteiger partial charge in [-0.15, -0.1) is 11.6 Å². The molecule has 0 spiro atoms. The van der Waals surface area contributed by atoms with Crippen molar-refractivity contribution in [2.75, 3.05) is 25.5 Å². The molecule has 0 saturated heterocycles. The van der Waals surface area contributed by atoms with Crippen LogP contribution < -0.4 is 0 Å². The zero-order valence-corrected chi connectivity index (χ0v) is 9.67. The van der Waals surface area contributed by atoms with E-state index in [1.807, 2.05) is 17.9 Å². The van der Waals surface area contributed by atoms with Crippen LogP contribution in [0.1, 0.15) is 12.6 Å². The molecule has 0 saturated carbocycles. The van der Waals surface area contributed by atoms with E-state index in [4.69, 9.17) is 11.6 Å². The highest BCUT2D eigenvalue weighted by atomic mass is 35.5. The first-order chi connectivity index (χ1) is 6.77. The van der Waals surface area contributed by atoms with Crippen molar-refractivity contribution in [3.8, 4) is 0 Å². The third-order valence-corrected chi connectivity index (χ3v) is 2.62. The fourth-order valence-corrected chi connectivity index (χ4v) is 1.71. The van der Waals surface area contributed by atoms with Gasteiger partial charge in [-0.25, -0.2) is 0 Å². The Labute approximate surface area is 90.7 Å². The van der Waals surface area contributed by atoms with E-state index in [1.165, 1.54) is 5.69 Å². The fraction of sp³-hybridized carbons (Fsp3) is 0.700. The normalized spacial score (nSPS) is 11.1. The molecule has 4 heteroatoms. The van der Waals surface area contributed by atoms with Crippen LogP contribution in [0.3, 0.4) is 0 Å². The number of hydrogen-bond donors (Lipinski definition) is 0. The predicted octanol–water partition coefficient (Wildman–Crippen LogP) is 1.52. The molecule has 0 radical (unpaired) electrons.